The number of nitrogens with two attached hydrogens (primary N) is 1. The van der Waals surface area contributed by atoms with Crippen LogP contribution in [0.15, 0.2) is 77.3 Å². The maximum Gasteiger partial charge on any atom is 0.146 e. The van der Waals surface area contributed by atoms with Crippen LogP contribution in [0.2, 0.25) is 0 Å². The van der Waals surface area contributed by atoms with Crippen molar-refractivity contribution in [2.24, 2.45) is 10.7 Å². The molecule has 0 amide bonds. The maximum atomic E-state index is 7.00. The van der Waals surface area contributed by atoms with Crippen LogP contribution in [0.3, 0.4) is 0 Å². The van der Waals surface area contributed by atoms with Gasteiger partial charge in [0.2, 0.25) is 0 Å². The van der Waals surface area contributed by atoms with E-state index in [1.54, 1.807) is 11.8 Å². The van der Waals surface area contributed by atoms with E-state index in [2.05, 4.69) is 84.4 Å². The number of benzene rings is 2. The van der Waals surface area contributed by atoms with Crippen LogP contribution in [0.4, 0.5) is 0 Å². The number of nitrogens with zero attached hydrogens (tertiary/aromatic N) is 2. The highest BCUT2D eigenvalue weighted by Gasteiger charge is 2.42. The van der Waals surface area contributed by atoms with Gasteiger partial charge in [-0.15, -0.1) is 0 Å². The summed E-state index contributed by atoms with van der Waals surface area (Å²) < 4.78 is 6.28. The Hall–Kier alpha value is -1.92. The van der Waals surface area contributed by atoms with Gasteiger partial charge in [0.15, 0.2) is 0 Å². The molecule has 1 saturated heterocycles. The predicted molar refractivity (Wildman–Crippen MR) is 129 cm³/mol. The lowest BCUT2D eigenvalue weighted by Gasteiger charge is -2.44. The van der Waals surface area contributed by atoms with Crippen LogP contribution in [0, 0.1) is 0 Å². The van der Waals surface area contributed by atoms with Crippen molar-refractivity contribution >= 4 is 16.8 Å². The van der Waals surface area contributed by atoms with Crippen molar-refractivity contribution in [3.8, 4) is 0 Å². The number of aliphatic imine (C=N–C) groups is 1. The van der Waals surface area contributed by atoms with Gasteiger partial charge in [-0.3, -0.25) is 9.89 Å². The fraction of sp³-hybridized carbons (Fsp3) is 0.400. The molecule has 1 aliphatic heterocycles. The number of allylic oxidation sites excluding steroid dienone is 1. The molecule has 0 aliphatic carbocycles. The van der Waals surface area contributed by atoms with Crippen LogP contribution < -0.4 is 5.73 Å². The molecule has 5 heteroatoms. The molecule has 0 saturated carbocycles. The molecule has 160 valence electrons. The van der Waals surface area contributed by atoms with E-state index in [0.29, 0.717) is 13.2 Å². The van der Waals surface area contributed by atoms with Gasteiger partial charge in [-0.05, 0) is 30.0 Å². The molecular formula is C25H33N3OS. The van der Waals surface area contributed by atoms with Crippen LogP contribution in [0.5, 0.6) is 0 Å². The average Bonchev–Trinajstić information content (AvgIpc) is 2.76. The summed E-state index contributed by atoms with van der Waals surface area (Å²) in [6, 6.07) is 21.0. The van der Waals surface area contributed by atoms with E-state index < -0.39 is 5.72 Å². The summed E-state index contributed by atoms with van der Waals surface area (Å²) in [5, 5.41) is 0.954. The maximum absolute atomic E-state index is 7.00. The lowest BCUT2D eigenvalue weighted by molar-refractivity contribution is -0.109. The molecule has 1 heterocycles. The minimum atomic E-state index is -0.804. The van der Waals surface area contributed by atoms with Crippen LogP contribution in [-0.2, 0) is 11.3 Å². The molecule has 4 nitrogen and oxygen atoms in total. The summed E-state index contributed by atoms with van der Waals surface area (Å²) in [6.07, 6.45) is 3.19. The molecule has 1 aliphatic rings. The highest BCUT2D eigenvalue weighted by Crippen LogP contribution is 2.41. The fourth-order valence-electron chi connectivity index (χ4n) is 3.88. The van der Waals surface area contributed by atoms with E-state index in [9.17, 15) is 0 Å². The zero-order valence-corrected chi connectivity index (χ0v) is 19.1. The first-order valence-corrected chi connectivity index (χ1v) is 11.5. The third kappa shape index (κ3) is 5.82. The Labute approximate surface area is 185 Å². The Morgan fingerprint density at radius 2 is 1.87 bits per heavy atom. The number of hydrogen-bond donors (Lipinski definition) is 1. The van der Waals surface area contributed by atoms with Gasteiger partial charge in [0.1, 0.15) is 5.72 Å². The minimum absolute atomic E-state index is 0.0591. The molecule has 0 radical (unpaired) electrons. The number of thioether (sulfide) groups is 1. The molecule has 3 rings (SSSR count). The van der Waals surface area contributed by atoms with E-state index in [1.165, 1.54) is 11.1 Å². The molecule has 30 heavy (non-hydrogen) atoms. The summed E-state index contributed by atoms with van der Waals surface area (Å²) in [5.74, 6) is 0. The van der Waals surface area contributed by atoms with E-state index in [1.807, 2.05) is 13.1 Å². The third-order valence-corrected chi connectivity index (χ3v) is 6.96. The Kier molecular flexibility index (Phi) is 8.28. The number of hydrogen-bond acceptors (Lipinski definition) is 5. The van der Waals surface area contributed by atoms with Gasteiger partial charge < -0.3 is 10.5 Å². The van der Waals surface area contributed by atoms with E-state index >= 15 is 0 Å². The second-order valence-corrected chi connectivity index (χ2v) is 8.83. The first kappa shape index (κ1) is 22.8. The van der Waals surface area contributed by atoms with Crippen LogP contribution in [-0.4, -0.2) is 42.4 Å². The summed E-state index contributed by atoms with van der Waals surface area (Å²) in [5.41, 5.74) is 9.84. The van der Waals surface area contributed by atoms with Crippen molar-refractivity contribution in [1.82, 2.24) is 4.90 Å². The second kappa shape index (κ2) is 10.9. The number of ether oxygens (including phenoxy) is 1. The zero-order chi connectivity index (χ0) is 21.4. The first-order valence-electron chi connectivity index (χ1n) is 10.6. The molecule has 0 bridgehead atoms. The van der Waals surface area contributed by atoms with Crippen LogP contribution >= 0.6 is 11.8 Å². The molecule has 0 aromatic heterocycles. The van der Waals surface area contributed by atoms with Gasteiger partial charge in [0.05, 0.1) is 16.9 Å². The predicted octanol–water partition coefficient (Wildman–Crippen LogP) is 5.03. The van der Waals surface area contributed by atoms with E-state index in [0.717, 1.165) is 30.1 Å². The first-order chi connectivity index (χ1) is 14.6. The van der Waals surface area contributed by atoms with Gasteiger partial charge in [-0.1, -0.05) is 85.4 Å². The van der Waals surface area contributed by atoms with Crippen LogP contribution in [0.25, 0.3) is 0 Å². The molecule has 1 fully saturated rings. The molecule has 2 atom stereocenters. The van der Waals surface area contributed by atoms with Gasteiger partial charge in [0.25, 0.3) is 0 Å². The van der Waals surface area contributed by atoms with Gasteiger partial charge in [-0.25, -0.2) is 0 Å². The van der Waals surface area contributed by atoms with Crippen molar-refractivity contribution < 1.29 is 4.74 Å². The zero-order valence-electron chi connectivity index (χ0n) is 18.3. The van der Waals surface area contributed by atoms with Crippen molar-refractivity contribution in [2.75, 3.05) is 26.7 Å². The van der Waals surface area contributed by atoms with Crippen molar-refractivity contribution in [3.05, 3.63) is 83.4 Å². The SMILES string of the molecule is CC/C=C(/C)C(=NC)SC(c1ccccc1)C1(N)CN(Cc2ccccc2)CCO1. The summed E-state index contributed by atoms with van der Waals surface area (Å²) >= 11 is 1.71. The largest absolute Gasteiger partial charge is 0.357 e. The lowest BCUT2D eigenvalue weighted by atomic mass is 10.00. The van der Waals surface area contributed by atoms with Crippen molar-refractivity contribution in [3.63, 3.8) is 0 Å². The van der Waals surface area contributed by atoms with E-state index in [-0.39, 0.29) is 5.25 Å². The smallest absolute Gasteiger partial charge is 0.146 e. The molecule has 2 aromatic carbocycles. The Morgan fingerprint density at radius 3 is 2.50 bits per heavy atom. The quantitative estimate of drug-likeness (QED) is 0.501. The second-order valence-electron chi connectivity index (χ2n) is 7.73. The molecule has 2 N–H and O–H groups in total. The van der Waals surface area contributed by atoms with E-state index in [4.69, 9.17) is 10.5 Å². The highest BCUT2D eigenvalue weighted by molar-refractivity contribution is 8.14. The normalized spacial score (nSPS) is 22.1. The molecular weight excluding hydrogens is 390 g/mol. The van der Waals surface area contributed by atoms with Crippen molar-refractivity contribution in [2.45, 2.75) is 37.8 Å². The highest BCUT2D eigenvalue weighted by atomic mass is 32.2. The number of morpholine rings is 1. The van der Waals surface area contributed by atoms with Crippen molar-refractivity contribution in [1.29, 1.82) is 0 Å². The monoisotopic (exact) mass is 423 g/mol. The molecule has 0 spiro atoms. The summed E-state index contributed by atoms with van der Waals surface area (Å²) in [7, 11) is 1.85. The van der Waals surface area contributed by atoms with Crippen LogP contribution in [0.1, 0.15) is 36.6 Å². The summed E-state index contributed by atoms with van der Waals surface area (Å²) in [6.45, 7) is 7.31. The Balaban J connectivity index is 1.87. The Morgan fingerprint density at radius 1 is 1.20 bits per heavy atom. The lowest BCUT2D eigenvalue weighted by Crippen LogP contribution is -2.60. The number of rotatable bonds is 7. The van der Waals surface area contributed by atoms with Gasteiger partial charge in [0, 0.05) is 26.7 Å². The molecule has 2 aromatic rings. The summed E-state index contributed by atoms with van der Waals surface area (Å²) in [4.78, 5) is 6.97. The molecule has 2 unspecified atom stereocenters. The Bertz CT molecular complexity index is 853. The van der Waals surface area contributed by atoms with Gasteiger partial charge >= 0.3 is 0 Å². The minimum Gasteiger partial charge on any atom is -0.357 e. The van der Waals surface area contributed by atoms with Gasteiger partial charge in [-0.2, -0.15) is 0 Å². The third-order valence-electron chi connectivity index (χ3n) is 5.32. The fourth-order valence-corrected chi connectivity index (χ4v) is 5.11. The topological polar surface area (TPSA) is 50.8 Å². The standard InChI is InChI=1S/C25H33N3OS/c1-4-11-20(2)24(27-3)30-23(22-14-9-6-10-15-22)25(26)19-28(16-17-29-25)18-21-12-7-5-8-13-21/h5-15,23H,4,16-19,26H2,1-3H3/b20-11-,27-24?. The average molecular weight is 424 g/mol.